The van der Waals surface area contributed by atoms with Crippen molar-refractivity contribution in [1.29, 1.82) is 0 Å². The van der Waals surface area contributed by atoms with Crippen molar-refractivity contribution in [1.82, 2.24) is 24.5 Å². The highest BCUT2D eigenvalue weighted by atomic mass is 32.1. The number of aromatic nitrogens is 4. The third-order valence-electron chi connectivity index (χ3n) is 4.34. The van der Waals surface area contributed by atoms with Crippen LogP contribution in [0, 0.1) is 12.8 Å². The lowest BCUT2D eigenvalue weighted by Crippen LogP contribution is -2.36. The summed E-state index contributed by atoms with van der Waals surface area (Å²) in [4.78, 5) is 22.0. The Morgan fingerprint density at radius 2 is 2.23 bits per heavy atom. The number of amides is 1. The van der Waals surface area contributed by atoms with Crippen molar-refractivity contribution in [3.63, 3.8) is 0 Å². The predicted molar refractivity (Wildman–Crippen MR) is 84.5 cm³/mol. The van der Waals surface area contributed by atoms with Crippen LogP contribution in [-0.2, 0) is 6.54 Å². The number of hydrogen-bond donors (Lipinski definition) is 1. The highest BCUT2D eigenvalue weighted by Gasteiger charge is 2.24. The van der Waals surface area contributed by atoms with Gasteiger partial charge in [0, 0.05) is 17.6 Å². The molecule has 1 saturated carbocycles. The lowest BCUT2D eigenvalue weighted by atomic mass is 9.89. The van der Waals surface area contributed by atoms with Gasteiger partial charge >= 0.3 is 0 Å². The molecule has 1 aliphatic carbocycles. The van der Waals surface area contributed by atoms with Gasteiger partial charge in [-0.1, -0.05) is 23.8 Å². The van der Waals surface area contributed by atoms with Gasteiger partial charge in [0.05, 0.1) is 18.6 Å². The molecule has 0 radical (unpaired) electrons. The SMILES string of the molecule is Cc1[nH]cnc1CN(CC1CCCCC1)C(=O)c1csnn1. The molecule has 2 heterocycles. The monoisotopic (exact) mass is 319 g/mol. The Bertz CT molecular complexity index is 603. The molecule has 7 heteroatoms. The van der Waals surface area contributed by atoms with Crippen LogP contribution in [0.1, 0.15) is 54.0 Å². The third-order valence-corrected chi connectivity index (χ3v) is 4.85. The third kappa shape index (κ3) is 3.52. The first-order chi connectivity index (χ1) is 10.7. The molecule has 118 valence electrons. The van der Waals surface area contributed by atoms with Gasteiger partial charge in [-0.3, -0.25) is 4.79 Å². The van der Waals surface area contributed by atoms with Crippen molar-refractivity contribution in [3.05, 3.63) is 28.8 Å². The number of nitrogens with zero attached hydrogens (tertiary/aromatic N) is 4. The largest absolute Gasteiger partial charge is 0.348 e. The first-order valence-corrected chi connectivity index (χ1v) is 8.63. The Balaban J connectivity index is 1.75. The van der Waals surface area contributed by atoms with Crippen LogP contribution in [0.25, 0.3) is 0 Å². The molecule has 0 atom stereocenters. The molecule has 0 spiro atoms. The molecular formula is C15H21N5OS. The zero-order chi connectivity index (χ0) is 15.4. The van der Waals surface area contributed by atoms with E-state index in [9.17, 15) is 4.79 Å². The van der Waals surface area contributed by atoms with Gasteiger partial charge in [0.2, 0.25) is 0 Å². The van der Waals surface area contributed by atoms with Gasteiger partial charge in [-0.05, 0) is 37.2 Å². The highest BCUT2D eigenvalue weighted by molar-refractivity contribution is 7.03. The Morgan fingerprint density at radius 3 is 2.86 bits per heavy atom. The van der Waals surface area contributed by atoms with Crippen molar-refractivity contribution in [3.8, 4) is 0 Å². The second kappa shape index (κ2) is 7.00. The minimum atomic E-state index is -0.0401. The number of nitrogens with one attached hydrogen (secondary N) is 1. The number of imidazole rings is 1. The average molecular weight is 319 g/mol. The summed E-state index contributed by atoms with van der Waals surface area (Å²) in [5.41, 5.74) is 2.37. The zero-order valence-corrected chi connectivity index (χ0v) is 13.6. The normalized spacial score (nSPS) is 15.9. The van der Waals surface area contributed by atoms with Gasteiger partial charge in [0.1, 0.15) is 0 Å². The maximum Gasteiger partial charge on any atom is 0.275 e. The van der Waals surface area contributed by atoms with Gasteiger partial charge in [-0.2, -0.15) is 0 Å². The predicted octanol–water partition coefficient (Wildman–Crippen LogP) is 2.79. The van der Waals surface area contributed by atoms with Crippen LogP contribution in [0.15, 0.2) is 11.7 Å². The number of carbonyl (C=O) groups is 1. The summed E-state index contributed by atoms with van der Waals surface area (Å²) in [6.45, 7) is 3.29. The Morgan fingerprint density at radius 1 is 1.41 bits per heavy atom. The molecule has 22 heavy (non-hydrogen) atoms. The summed E-state index contributed by atoms with van der Waals surface area (Å²) in [7, 11) is 0. The van der Waals surface area contributed by atoms with Crippen molar-refractivity contribution in [2.45, 2.75) is 45.6 Å². The van der Waals surface area contributed by atoms with Gasteiger partial charge < -0.3 is 9.88 Å². The van der Waals surface area contributed by atoms with Crippen molar-refractivity contribution in [2.75, 3.05) is 6.54 Å². The van der Waals surface area contributed by atoms with Crippen molar-refractivity contribution in [2.24, 2.45) is 5.92 Å². The standard InChI is InChI=1S/C15H21N5OS/c1-11-13(17-10-16-11)8-20(7-12-5-3-2-4-6-12)15(21)14-9-22-19-18-14/h9-10,12H,2-8H2,1H3,(H,16,17). The molecule has 1 N–H and O–H groups in total. The Labute approximate surface area is 134 Å². The highest BCUT2D eigenvalue weighted by Crippen LogP contribution is 2.25. The van der Waals surface area contributed by atoms with Gasteiger partial charge in [-0.25, -0.2) is 4.98 Å². The van der Waals surface area contributed by atoms with E-state index < -0.39 is 0 Å². The van der Waals surface area contributed by atoms with E-state index in [0.29, 0.717) is 18.2 Å². The van der Waals surface area contributed by atoms with Crippen LogP contribution < -0.4 is 0 Å². The number of rotatable bonds is 5. The molecule has 2 aromatic heterocycles. The van der Waals surface area contributed by atoms with Gasteiger partial charge in [-0.15, -0.1) is 5.10 Å². The van der Waals surface area contributed by atoms with Gasteiger partial charge in [0.15, 0.2) is 5.69 Å². The van der Waals surface area contributed by atoms with E-state index in [0.717, 1.165) is 17.9 Å². The molecule has 0 aliphatic heterocycles. The first-order valence-electron chi connectivity index (χ1n) is 7.79. The smallest absolute Gasteiger partial charge is 0.275 e. The second-order valence-electron chi connectivity index (χ2n) is 5.95. The molecule has 1 aliphatic rings. The van der Waals surface area contributed by atoms with Crippen LogP contribution in [-0.4, -0.2) is 36.9 Å². The van der Waals surface area contributed by atoms with E-state index in [2.05, 4.69) is 19.6 Å². The number of H-pyrrole nitrogens is 1. The number of aromatic amines is 1. The molecule has 1 amide bonds. The van der Waals surface area contributed by atoms with Crippen LogP contribution in [0.5, 0.6) is 0 Å². The molecular weight excluding hydrogens is 298 g/mol. The van der Waals surface area contributed by atoms with Crippen molar-refractivity contribution >= 4 is 17.4 Å². The minimum absolute atomic E-state index is 0.0401. The Kier molecular flexibility index (Phi) is 4.82. The topological polar surface area (TPSA) is 74.8 Å². The van der Waals surface area contributed by atoms with E-state index in [4.69, 9.17) is 0 Å². The fraction of sp³-hybridized carbons (Fsp3) is 0.600. The lowest BCUT2D eigenvalue weighted by Gasteiger charge is -2.29. The summed E-state index contributed by atoms with van der Waals surface area (Å²) in [6, 6.07) is 0. The fourth-order valence-corrected chi connectivity index (χ4v) is 3.48. The number of carbonyl (C=O) groups excluding carboxylic acids is 1. The Hall–Kier alpha value is -1.76. The molecule has 0 unspecified atom stereocenters. The van der Waals surface area contributed by atoms with E-state index in [-0.39, 0.29) is 5.91 Å². The summed E-state index contributed by atoms with van der Waals surface area (Å²) < 4.78 is 3.81. The first kappa shape index (κ1) is 15.1. The molecule has 1 fully saturated rings. The summed E-state index contributed by atoms with van der Waals surface area (Å²) in [6.07, 6.45) is 7.95. The fourth-order valence-electron chi connectivity index (χ4n) is 3.05. The van der Waals surface area contributed by atoms with Gasteiger partial charge in [0.25, 0.3) is 5.91 Å². The van der Waals surface area contributed by atoms with Crippen LogP contribution in [0.2, 0.25) is 0 Å². The lowest BCUT2D eigenvalue weighted by molar-refractivity contribution is 0.0690. The van der Waals surface area contributed by atoms with Crippen molar-refractivity contribution < 1.29 is 4.79 Å². The van der Waals surface area contributed by atoms with E-state index in [1.807, 2.05) is 11.8 Å². The quantitative estimate of drug-likeness (QED) is 0.919. The number of aryl methyl sites for hydroxylation is 1. The summed E-state index contributed by atoms with van der Waals surface area (Å²) in [5, 5.41) is 5.65. The number of hydrogen-bond acceptors (Lipinski definition) is 5. The van der Waals surface area contributed by atoms with E-state index >= 15 is 0 Å². The average Bonchev–Trinajstić information content (AvgIpc) is 3.19. The molecule has 2 aromatic rings. The zero-order valence-electron chi connectivity index (χ0n) is 12.8. The second-order valence-corrected chi connectivity index (χ2v) is 6.56. The molecule has 0 aromatic carbocycles. The van der Waals surface area contributed by atoms with E-state index in [1.165, 1.54) is 43.6 Å². The van der Waals surface area contributed by atoms with Crippen LogP contribution in [0.3, 0.4) is 0 Å². The summed E-state index contributed by atoms with van der Waals surface area (Å²) in [5.74, 6) is 0.547. The van der Waals surface area contributed by atoms with Crippen LogP contribution in [0.4, 0.5) is 0 Å². The minimum Gasteiger partial charge on any atom is -0.348 e. The molecule has 3 rings (SSSR count). The molecule has 6 nitrogen and oxygen atoms in total. The summed E-state index contributed by atoms with van der Waals surface area (Å²) >= 11 is 1.21. The molecule has 0 bridgehead atoms. The molecule has 0 saturated heterocycles. The maximum atomic E-state index is 12.7. The van der Waals surface area contributed by atoms with Crippen LogP contribution >= 0.6 is 11.5 Å². The maximum absolute atomic E-state index is 12.7. The van der Waals surface area contributed by atoms with E-state index in [1.54, 1.807) is 11.7 Å².